The Balaban J connectivity index is 2.97. The number of nitrogens with two attached hydrogens (primary N) is 1. The maximum absolute atomic E-state index is 13.4. The van der Waals surface area contributed by atoms with E-state index in [2.05, 4.69) is 0 Å². The molecule has 7 heteroatoms. The molecular weight excluding hydrogens is 240 g/mol. The maximum Gasteiger partial charge on any atom is 0.405 e. The highest BCUT2D eigenvalue weighted by molar-refractivity contribution is 5.54. The Morgan fingerprint density at radius 1 is 1.29 bits per heavy atom. The van der Waals surface area contributed by atoms with E-state index in [0.29, 0.717) is 0 Å². The van der Waals surface area contributed by atoms with Crippen molar-refractivity contribution in [1.82, 2.24) is 0 Å². The summed E-state index contributed by atoms with van der Waals surface area (Å²) >= 11 is 0. The standard InChI is InChI=1S/C10H12F4N2O/c11-8-5-7(15)1-2-9(8)16(3-4-17)6-10(12,13)14/h1-2,5,17H,3-4,6,15H2. The van der Waals surface area contributed by atoms with Gasteiger partial charge in [0.25, 0.3) is 0 Å². The first-order valence-corrected chi connectivity index (χ1v) is 4.81. The number of nitrogens with zero attached hydrogens (tertiary/aromatic N) is 1. The van der Waals surface area contributed by atoms with E-state index in [1.54, 1.807) is 0 Å². The predicted octanol–water partition coefficient (Wildman–Crippen LogP) is 1.77. The van der Waals surface area contributed by atoms with Crippen LogP contribution in [0.25, 0.3) is 0 Å². The first-order valence-electron chi connectivity index (χ1n) is 4.81. The molecule has 3 nitrogen and oxygen atoms in total. The highest BCUT2D eigenvalue weighted by Crippen LogP contribution is 2.25. The molecule has 0 aromatic heterocycles. The smallest absolute Gasteiger partial charge is 0.399 e. The van der Waals surface area contributed by atoms with E-state index in [-0.39, 0.29) is 17.9 Å². The van der Waals surface area contributed by atoms with Crippen LogP contribution in [0.4, 0.5) is 28.9 Å². The third-order valence-electron chi connectivity index (χ3n) is 2.05. The Bertz CT molecular complexity index is 381. The van der Waals surface area contributed by atoms with E-state index < -0.39 is 25.1 Å². The van der Waals surface area contributed by atoms with Crippen molar-refractivity contribution in [2.75, 3.05) is 30.3 Å². The molecule has 1 aromatic rings. The van der Waals surface area contributed by atoms with Gasteiger partial charge in [-0.15, -0.1) is 0 Å². The third-order valence-corrected chi connectivity index (χ3v) is 2.05. The second kappa shape index (κ2) is 5.22. The minimum Gasteiger partial charge on any atom is -0.399 e. The Hall–Kier alpha value is -1.50. The molecule has 0 atom stereocenters. The van der Waals surface area contributed by atoms with E-state index >= 15 is 0 Å². The lowest BCUT2D eigenvalue weighted by atomic mass is 10.2. The quantitative estimate of drug-likeness (QED) is 0.634. The number of nitrogen functional groups attached to an aromatic ring is 1. The van der Waals surface area contributed by atoms with Crippen LogP contribution in [0.2, 0.25) is 0 Å². The van der Waals surface area contributed by atoms with Crippen LogP contribution in [0.3, 0.4) is 0 Å². The Kier molecular flexibility index (Phi) is 4.17. The number of aliphatic hydroxyl groups excluding tert-OH is 1. The van der Waals surface area contributed by atoms with Crippen LogP contribution < -0.4 is 10.6 Å². The summed E-state index contributed by atoms with van der Waals surface area (Å²) < 4.78 is 50.2. The highest BCUT2D eigenvalue weighted by atomic mass is 19.4. The van der Waals surface area contributed by atoms with Crippen molar-refractivity contribution in [2.45, 2.75) is 6.18 Å². The number of halogens is 4. The van der Waals surface area contributed by atoms with Gasteiger partial charge in [-0.1, -0.05) is 0 Å². The summed E-state index contributed by atoms with van der Waals surface area (Å²) in [5, 5.41) is 8.68. The Morgan fingerprint density at radius 2 is 1.94 bits per heavy atom. The number of hydrogen-bond acceptors (Lipinski definition) is 3. The van der Waals surface area contributed by atoms with Gasteiger partial charge in [-0.05, 0) is 18.2 Å². The molecule has 17 heavy (non-hydrogen) atoms. The molecule has 0 spiro atoms. The van der Waals surface area contributed by atoms with Crippen molar-refractivity contribution in [3.8, 4) is 0 Å². The van der Waals surface area contributed by atoms with Gasteiger partial charge in [-0.2, -0.15) is 13.2 Å². The van der Waals surface area contributed by atoms with E-state index in [0.717, 1.165) is 17.0 Å². The van der Waals surface area contributed by atoms with Gasteiger partial charge in [0.15, 0.2) is 0 Å². The van der Waals surface area contributed by atoms with Crippen LogP contribution in [0.5, 0.6) is 0 Å². The topological polar surface area (TPSA) is 49.5 Å². The first-order chi connectivity index (χ1) is 7.83. The SMILES string of the molecule is Nc1ccc(N(CCO)CC(F)(F)F)c(F)c1. The second-order valence-electron chi connectivity index (χ2n) is 3.47. The molecule has 0 bridgehead atoms. The normalized spacial score (nSPS) is 11.6. The second-order valence-corrected chi connectivity index (χ2v) is 3.47. The number of rotatable bonds is 4. The van der Waals surface area contributed by atoms with Crippen LogP contribution >= 0.6 is 0 Å². The average molecular weight is 252 g/mol. The first kappa shape index (κ1) is 13.6. The minimum atomic E-state index is -4.47. The van der Waals surface area contributed by atoms with Crippen LogP contribution in [0.1, 0.15) is 0 Å². The molecule has 0 saturated carbocycles. The fraction of sp³-hybridized carbons (Fsp3) is 0.400. The summed E-state index contributed by atoms with van der Waals surface area (Å²) in [5.41, 5.74) is 5.19. The number of aliphatic hydroxyl groups is 1. The van der Waals surface area contributed by atoms with Crippen LogP contribution in [0, 0.1) is 5.82 Å². The summed E-state index contributed by atoms with van der Waals surface area (Å²) in [5.74, 6) is -0.845. The summed E-state index contributed by atoms with van der Waals surface area (Å²) in [6.45, 7) is -2.13. The van der Waals surface area contributed by atoms with Crippen molar-refractivity contribution in [1.29, 1.82) is 0 Å². The predicted molar refractivity (Wildman–Crippen MR) is 56.2 cm³/mol. The molecule has 0 radical (unpaired) electrons. The molecule has 1 rings (SSSR count). The Labute approximate surface area is 95.4 Å². The number of benzene rings is 1. The molecule has 0 unspecified atom stereocenters. The molecule has 0 fully saturated rings. The van der Waals surface area contributed by atoms with Crippen LogP contribution in [-0.4, -0.2) is 31.0 Å². The van der Waals surface area contributed by atoms with Gasteiger partial charge in [0.2, 0.25) is 0 Å². The molecule has 0 saturated heterocycles. The van der Waals surface area contributed by atoms with Crippen molar-refractivity contribution in [3.05, 3.63) is 24.0 Å². The van der Waals surface area contributed by atoms with Crippen molar-refractivity contribution in [2.24, 2.45) is 0 Å². The zero-order chi connectivity index (χ0) is 13.1. The molecule has 96 valence electrons. The lowest BCUT2D eigenvalue weighted by Gasteiger charge is -2.25. The van der Waals surface area contributed by atoms with Gasteiger partial charge in [0.1, 0.15) is 12.4 Å². The molecule has 0 amide bonds. The number of anilines is 2. The molecule has 0 aliphatic rings. The minimum absolute atomic E-state index is 0.127. The van der Waals surface area contributed by atoms with Crippen molar-refractivity contribution in [3.63, 3.8) is 0 Å². The summed E-state index contributed by atoms with van der Waals surface area (Å²) in [4.78, 5) is 0.717. The average Bonchev–Trinajstić information content (AvgIpc) is 2.14. The van der Waals surface area contributed by atoms with Gasteiger partial charge in [0, 0.05) is 12.2 Å². The summed E-state index contributed by atoms with van der Waals surface area (Å²) in [6.07, 6.45) is -4.47. The maximum atomic E-state index is 13.4. The van der Waals surface area contributed by atoms with E-state index in [1.165, 1.54) is 6.07 Å². The molecular formula is C10H12F4N2O. The van der Waals surface area contributed by atoms with Crippen molar-refractivity contribution >= 4 is 11.4 Å². The fourth-order valence-corrected chi connectivity index (χ4v) is 1.40. The molecule has 0 heterocycles. The molecule has 0 aliphatic carbocycles. The summed E-state index contributed by atoms with van der Waals surface area (Å²) in [7, 11) is 0. The van der Waals surface area contributed by atoms with E-state index in [1.807, 2.05) is 0 Å². The fourth-order valence-electron chi connectivity index (χ4n) is 1.40. The molecule has 0 aliphatic heterocycles. The van der Waals surface area contributed by atoms with Gasteiger partial charge < -0.3 is 15.7 Å². The van der Waals surface area contributed by atoms with E-state index in [4.69, 9.17) is 10.8 Å². The van der Waals surface area contributed by atoms with Gasteiger partial charge >= 0.3 is 6.18 Å². The van der Waals surface area contributed by atoms with Crippen LogP contribution in [-0.2, 0) is 0 Å². The monoisotopic (exact) mass is 252 g/mol. The summed E-state index contributed by atoms with van der Waals surface area (Å²) in [6, 6.07) is 3.40. The number of hydrogen-bond donors (Lipinski definition) is 2. The van der Waals surface area contributed by atoms with Gasteiger partial charge in [-0.3, -0.25) is 0 Å². The zero-order valence-corrected chi connectivity index (χ0v) is 8.84. The number of alkyl halides is 3. The van der Waals surface area contributed by atoms with Crippen LogP contribution in [0.15, 0.2) is 18.2 Å². The van der Waals surface area contributed by atoms with Crippen molar-refractivity contribution < 1.29 is 22.7 Å². The largest absolute Gasteiger partial charge is 0.405 e. The lowest BCUT2D eigenvalue weighted by molar-refractivity contribution is -0.119. The zero-order valence-electron chi connectivity index (χ0n) is 8.84. The van der Waals surface area contributed by atoms with Gasteiger partial charge in [0.05, 0.1) is 12.3 Å². The van der Waals surface area contributed by atoms with Gasteiger partial charge in [-0.25, -0.2) is 4.39 Å². The van der Waals surface area contributed by atoms with E-state index in [9.17, 15) is 17.6 Å². The lowest BCUT2D eigenvalue weighted by Crippen LogP contribution is -2.36. The Morgan fingerprint density at radius 3 is 2.41 bits per heavy atom. The molecule has 1 aromatic carbocycles. The molecule has 3 N–H and O–H groups in total. The third kappa shape index (κ3) is 4.10. The highest BCUT2D eigenvalue weighted by Gasteiger charge is 2.31.